The third-order valence-corrected chi connectivity index (χ3v) is 8.00. The van der Waals surface area contributed by atoms with Gasteiger partial charge in [0.1, 0.15) is 23.5 Å². The van der Waals surface area contributed by atoms with E-state index in [1.54, 1.807) is 18.5 Å². The van der Waals surface area contributed by atoms with Crippen molar-refractivity contribution in [3.63, 3.8) is 0 Å². The number of benzene rings is 1. The molecule has 0 saturated carbocycles. The van der Waals surface area contributed by atoms with E-state index in [0.717, 1.165) is 0 Å². The van der Waals surface area contributed by atoms with Crippen LogP contribution in [0.5, 0.6) is 5.75 Å². The molecule has 180 valence electrons. The lowest BCUT2D eigenvalue weighted by Crippen LogP contribution is -2.47. The Morgan fingerprint density at radius 2 is 2.00 bits per heavy atom. The Morgan fingerprint density at radius 1 is 1.30 bits per heavy atom. The second-order valence-corrected chi connectivity index (χ2v) is 10.6. The van der Waals surface area contributed by atoms with Gasteiger partial charge in [-0.1, -0.05) is 0 Å². The zero-order valence-corrected chi connectivity index (χ0v) is 20.3. The first-order valence-electron chi connectivity index (χ1n) is 10.6. The van der Waals surface area contributed by atoms with Crippen LogP contribution < -0.4 is 4.74 Å². The van der Waals surface area contributed by atoms with Gasteiger partial charge < -0.3 is 4.74 Å². The number of hydroxylamine groups is 2. The van der Waals surface area contributed by atoms with Crippen molar-refractivity contribution in [2.75, 3.05) is 18.8 Å². The number of amides is 1. The number of hydrogen-bond donors (Lipinski definition) is 1. The average Bonchev–Trinajstić information content (AvgIpc) is 2.80. The maximum atomic E-state index is 13.3. The topological polar surface area (TPSA) is 113 Å². The van der Waals surface area contributed by atoms with Crippen molar-refractivity contribution in [2.24, 2.45) is 0 Å². The SMILES string of the molecule is O=CN(O)[C@H](CCCc1ncccn1)CS(=O)(=O)N1CCC(Oc2ccc(F)cc2Br)CC1. The van der Waals surface area contributed by atoms with Crippen LogP contribution in [0.15, 0.2) is 41.1 Å². The standard InChI is InChI=1S/C21H26BrFN4O5S/c22-19-13-16(23)5-6-20(19)32-18-7-11-26(12-8-18)33(30,31)14-17(27(29)15-28)3-1-4-21-24-9-2-10-25-21/h2,5-6,9-10,13,15,17-18,29H,1,3-4,7-8,11-12,14H2/t17-/m1/s1. The molecule has 1 aliphatic rings. The zero-order chi connectivity index (χ0) is 23.8. The Morgan fingerprint density at radius 3 is 2.64 bits per heavy atom. The van der Waals surface area contributed by atoms with Gasteiger partial charge in [-0.05, 0) is 65.9 Å². The van der Waals surface area contributed by atoms with E-state index in [4.69, 9.17) is 4.74 Å². The van der Waals surface area contributed by atoms with Crippen LogP contribution >= 0.6 is 15.9 Å². The largest absolute Gasteiger partial charge is 0.489 e. The van der Waals surface area contributed by atoms with Gasteiger partial charge in [-0.15, -0.1) is 0 Å². The highest BCUT2D eigenvalue weighted by molar-refractivity contribution is 9.10. The second kappa shape index (κ2) is 11.8. The van der Waals surface area contributed by atoms with Gasteiger partial charge in [-0.25, -0.2) is 32.1 Å². The number of carbonyl (C=O) groups excluding carboxylic acids is 1. The van der Waals surface area contributed by atoms with Crippen molar-refractivity contribution in [3.8, 4) is 5.75 Å². The molecule has 1 atom stereocenters. The smallest absolute Gasteiger partial charge is 0.233 e. The summed E-state index contributed by atoms with van der Waals surface area (Å²) in [5.74, 6) is 0.355. The van der Waals surface area contributed by atoms with E-state index < -0.39 is 16.1 Å². The third kappa shape index (κ3) is 7.42. The van der Waals surface area contributed by atoms with Crippen LogP contribution in [-0.2, 0) is 21.2 Å². The highest BCUT2D eigenvalue weighted by Gasteiger charge is 2.32. The molecule has 0 aliphatic carbocycles. The van der Waals surface area contributed by atoms with E-state index >= 15 is 0 Å². The number of rotatable bonds is 11. The van der Waals surface area contributed by atoms with Gasteiger partial charge >= 0.3 is 0 Å². The van der Waals surface area contributed by atoms with Crippen molar-refractivity contribution in [3.05, 3.63) is 52.8 Å². The fraction of sp³-hybridized carbons (Fsp3) is 0.476. The molecule has 33 heavy (non-hydrogen) atoms. The number of aromatic nitrogens is 2. The number of hydrogen-bond acceptors (Lipinski definition) is 7. The Hall–Kier alpha value is -2.15. The molecule has 1 amide bonds. The average molecular weight is 545 g/mol. The van der Waals surface area contributed by atoms with Crippen LogP contribution in [-0.4, -0.2) is 70.4 Å². The van der Waals surface area contributed by atoms with Crippen molar-refractivity contribution < 1.29 is 27.5 Å². The van der Waals surface area contributed by atoms with Crippen LogP contribution in [0.1, 0.15) is 31.5 Å². The number of carbonyl (C=O) groups is 1. The lowest BCUT2D eigenvalue weighted by atomic mass is 10.1. The van der Waals surface area contributed by atoms with E-state index in [2.05, 4.69) is 25.9 Å². The monoisotopic (exact) mass is 544 g/mol. The first kappa shape index (κ1) is 25.5. The quantitative estimate of drug-likeness (QED) is 0.263. The molecule has 0 unspecified atom stereocenters. The zero-order valence-electron chi connectivity index (χ0n) is 17.9. The number of halogens is 2. The minimum Gasteiger partial charge on any atom is -0.489 e. The summed E-state index contributed by atoms with van der Waals surface area (Å²) in [6.07, 6.45) is 5.50. The molecule has 1 aromatic carbocycles. The molecule has 2 aromatic rings. The normalized spacial score (nSPS) is 16.3. The van der Waals surface area contributed by atoms with Crippen LogP contribution in [0.4, 0.5) is 4.39 Å². The van der Waals surface area contributed by atoms with E-state index in [9.17, 15) is 22.8 Å². The number of ether oxygens (including phenoxy) is 1. The molecule has 1 saturated heterocycles. The summed E-state index contributed by atoms with van der Waals surface area (Å²) in [5, 5.41) is 10.4. The summed E-state index contributed by atoms with van der Waals surface area (Å²) in [4.78, 5) is 19.3. The predicted molar refractivity (Wildman–Crippen MR) is 122 cm³/mol. The van der Waals surface area contributed by atoms with Crippen LogP contribution in [0.3, 0.4) is 0 Å². The van der Waals surface area contributed by atoms with Crippen molar-refractivity contribution in [1.82, 2.24) is 19.3 Å². The molecule has 1 N–H and O–H groups in total. The molecule has 3 rings (SSSR count). The molecule has 0 radical (unpaired) electrons. The first-order valence-corrected chi connectivity index (χ1v) is 13.0. The van der Waals surface area contributed by atoms with Crippen molar-refractivity contribution in [2.45, 2.75) is 44.2 Å². The minimum absolute atomic E-state index is 0.204. The van der Waals surface area contributed by atoms with Crippen molar-refractivity contribution in [1.29, 1.82) is 0 Å². The molecule has 0 spiro atoms. The molecule has 1 aromatic heterocycles. The second-order valence-electron chi connectivity index (χ2n) is 7.77. The lowest BCUT2D eigenvalue weighted by molar-refractivity contribution is -0.158. The van der Waals surface area contributed by atoms with E-state index in [-0.39, 0.29) is 43.6 Å². The van der Waals surface area contributed by atoms with Gasteiger partial charge in [0.2, 0.25) is 16.4 Å². The van der Waals surface area contributed by atoms with Crippen LogP contribution in [0.25, 0.3) is 0 Å². The fourth-order valence-corrected chi connectivity index (χ4v) is 5.89. The molecule has 0 bridgehead atoms. The Kier molecular flexibility index (Phi) is 9.12. The molecule has 2 heterocycles. The molecular formula is C21H26BrFN4O5S. The number of piperidine rings is 1. The van der Waals surface area contributed by atoms with E-state index in [0.29, 0.717) is 46.8 Å². The van der Waals surface area contributed by atoms with Crippen LogP contribution in [0.2, 0.25) is 0 Å². The van der Waals surface area contributed by atoms with Gasteiger partial charge in [0, 0.05) is 31.9 Å². The summed E-state index contributed by atoms with van der Waals surface area (Å²) in [6, 6.07) is 4.97. The molecule has 9 nitrogen and oxygen atoms in total. The van der Waals surface area contributed by atoms with Gasteiger partial charge in [0.05, 0.1) is 16.3 Å². The molecule has 1 fully saturated rings. The maximum Gasteiger partial charge on any atom is 0.233 e. The van der Waals surface area contributed by atoms with Gasteiger partial charge in [-0.2, -0.15) is 0 Å². The minimum atomic E-state index is -3.72. The van der Waals surface area contributed by atoms with Crippen molar-refractivity contribution >= 4 is 32.4 Å². The summed E-state index contributed by atoms with van der Waals surface area (Å²) in [5.41, 5.74) is 0. The molecule has 1 aliphatic heterocycles. The summed E-state index contributed by atoms with van der Waals surface area (Å²) in [6.45, 7) is 0.506. The summed E-state index contributed by atoms with van der Waals surface area (Å²) in [7, 11) is -3.72. The fourth-order valence-electron chi connectivity index (χ4n) is 3.66. The summed E-state index contributed by atoms with van der Waals surface area (Å²) >= 11 is 3.26. The highest BCUT2D eigenvalue weighted by Crippen LogP contribution is 2.29. The van der Waals surface area contributed by atoms with Gasteiger partial charge in [0.25, 0.3) is 0 Å². The third-order valence-electron chi connectivity index (χ3n) is 5.42. The predicted octanol–water partition coefficient (Wildman–Crippen LogP) is 2.79. The Labute approximate surface area is 200 Å². The van der Waals surface area contributed by atoms with Gasteiger partial charge in [-0.3, -0.25) is 10.0 Å². The summed E-state index contributed by atoms with van der Waals surface area (Å²) < 4.78 is 46.9. The highest BCUT2D eigenvalue weighted by atomic mass is 79.9. The maximum absolute atomic E-state index is 13.3. The lowest BCUT2D eigenvalue weighted by Gasteiger charge is -2.33. The van der Waals surface area contributed by atoms with E-state index in [1.807, 2.05) is 0 Å². The molecule has 12 heteroatoms. The van der Waals surface area contributed by atoms with Gasteiger partial charge in [0.15, 0.2) is 0 Å². The number of aryl methyl sites for hydroxylation is 1. The van der Waals surface area contributed by atoms with E-state index in [1.165, 1.54) is 22.5 Å². The molecular weight excluding hydrogens is 519 g/mol. The first-order chi connectivity index (χ1) is 15.8. The Bertz CT molecular complexity index is 1020. The van der Waals surface area contributed by atoms with Crippen LogP contribution in [0, 0.1) is 5.82 Å². The number of nitrogens with zero attached hydrogens (tertiary/aromatic N) is 4. The Balaban J connectivity index is 1.53. The number of sulfonamides is 1.